The van der Waals surface area contributed by atoms with E-state index in [0.717, 1.165) is 18.7 Å². The van der Waals surface area contributed by atoms with Crippen molar-refractivity contribution in [2.75, 3.05) is 37.9 Å². The van der Waals surface area contributed by atoms with E-state index >= 15 is 0 Å². The summed E-state index contributed by atoms with van der Waals surface area (Å²) in [5, 5.41) is 11.4. The Kier molecular flexibility index (Phi) is 5.02. The molecule has 0 spiro atoms. The Balaban J connectivity index is 1.61. The minimum atomic E-state index is -1.83. The second kappa shape index (κ2) is 7.47. The van der Waals surface area contributed by atoms with Gasteiger partial charge in [0, 0.05) is 11.1 Å². The number of Topliss-reactive ketones (excluding diaryl/α,β-unsaturated/α-hetero) is 1. The smallest absolute Gasteiger partial charge is 0.268 e. The molecule has 6 heteroatoms. The number of quaternary nitrogens is 1. The van der Waals surface area contributed by atoms with Crippen molar-refractivity contribution in [3.8, 4) is 0 Å². The third-order valence-corrected chi connectivity index (χ3v) is 5.61. The summed E-state index contributed by atoms with van der Waals surface area (Å²) in [6, 6.07) is 14.4. The lowest BCUT2D eigenvalue weighted by Crippen LogP contribution is -3.15. The topological polar surface area (TPSA) is 71.3 Å². The molecule has 4 rings (SSSR count). The lowest BCUT2D eigenvalue weighted by Gasteiger charge is -2.29. The largest absolute Gasteiger partial charge is 0.375 e. The summed E-state index contributed by atoms with van der Waals surface area (Å²) in [6.07, 6.45) is -0.263. The summed E-state index contributed by atoms with van der Waals surface area (Å²) in [4.78, 5) is 28.9. The van der Waals surface area contributed by atoms with Gasteiger partial charge < -0.3 is 14.7 Å². The van der Waals surface area contributed by atoms with Crippen LogP contribution in [0.2, 0.25) is 0 Å². The maximum absolute atomic E-state index is 13.3. The van der Waals surface area contributed by atoms with Crippen LogP contribution in [0.1, 0.15) is 27.9 Å². The molecule has 1 atom stereocenters. The monoisotopic (exact) mass is 381 g/mol. The Morgan fingerprint density at radius 2 is 1.82 bits per heavy atom. The molecule has 0 saturated carbocycles. The van der Waals surface area contributed by atoms with Crippen molar-refractivity contribution in [1.82, 2.24) is 0 Å². The van der Waals surface area contributed by atoms with Crippen molar-refractivity contribution in [2.45, 2.75) is 18.9 Å². The number of ether oxygens (including phenoxy) is 1. The number of rotatable bonds is 5. The molecule has 1 fully saturated rings. The van der Waals surface area contributed by atoms with Gasteiger partial charge in [-0.3, -0.25) is 14.5 Å². The molecule has 6 nitrogen and oxygen atoms in total. The van der Waals surface area contributed by atoms with Gasteiger partial charge in [0.25, 0.3) is 5.91 Å². The number of aryl methyl sites for hydroxylation is 1. The van der Waals surface area contributed by atoms with E-state index < -0.39 is 11.5 Å². The van der Waals surface area contributed by atoms with Gasteiger partial charge in [0.2, 0.25) is 0 Å². The molecule has 2 aromatic carbocycles. The fourth-order valence-corrected chi connectivity index (χ4v) is 3.95. The quantitative estimate of drug-likeness (QED) is 0.747. The first-order valence-electron chi connectivity index (χ1n) is 9.64. The highest BCUT2D eigenvalue weighted by Gasteiger charge is 2.51. The maximum atomic E-state index is 13.3. The van der Waals surface area contributed by atoms with Gasteiger partial charge in [-0.05, 0) is 13.0 Å². The van der Waals surface area contributed by atoms with E-state index in [0.29, 0.717) is 36.7 Å². The molecule has 0 radical (unpaired) electrons. The van der Waals surface area contributed by atoms with Gasteiger partial charge in [0.15, 0.2) is 18.1 Å². The van der Waals surface area contributed by atoms with Crippen LogP contribution in [0, 0.1) is 6.92 Å². The van der Waals surface area contributed by atoms with Gasteiger partial charge in [0.1, 0.15) is 13.1 Å². The van der Waals surface area contributed by atoms with Gasteiger partial charge >= 0.3 is 0 Å². The lowest BCUT2D eigenvalue weighted by molar-refractivity contribution is -0.906. The molecule has 0 aliphatic carbocycles. The number of nitrogens with zero attached hydrogens (tertiary/aromatic N) is 1. The van der Waals surface area contributed by atoms with Crippen molar-refractivity contribution in [3.05, 3.63) is 65.2 Å². The third-order valence-electron chi connectivity index (χ3n) is 5.61. The zero-order valence-electron chi connectivity index (χ0n) is 16.0. The Labute approximate surface area is 164 Å². The van der Waals surface area contributed by atoms with Crippen molar-refractivity contribution in [1.29, 1.82) is 0 Å². The molecule has 2 heterocycles. The number of morpholine rings is 1. The third kappa shape index (κ3) is 3.35. The molecule has 2 N–H and O–H groups in total. The minimum Gasteiger partial charge on any atom is -0.375 e. The first-order chi connectivity index (χ1) is 13.5. The second-order valence-corrected chi connectivity index (χ2v) is 7.60. The Morgan fingerprint density at radius 1 is 1.14 bits per heavy atom. The van der Waals surface area contributed by atoms with Gasteiger partial charge in [-0.1, -0.05) is 48.0 Å². The number of aliphatic hydroxyl groups is 1. The van der Waals surface area contributed by atoms with Crippen LogP contribution in [0.5, 0.6) is 0 Å². The van der Waals surface area contributed by atoms with Crippen LogP contribution in [-0.2, 0) is 15.1 Å². The minimum absolute atomic E-state index is 0.244. The fourth-order valence-electron chi connectivity index (χ4n) is 3.95. The number of fused-ring (bicyclic) bond motifs is 1. The Hall–Kier alpha value is -2.54. The van der Waals surface area contributed by atoms with Gasteiger partial charge in [0.05, 0.1) is 25.3 Å². The summed E-state index contributed by atoms with van der Waals surface area (Å²) in [6.45, 7) is 5.36. The summed E-state index contributed by atoms with van der Waals surface area (Å²) >= 11 is 0. The molecule has 2 aliphatic rings. The molecule has 1 unspecified atom stereocenters. The van der Waals surface area contributed by atoms with Crippen molar-refractivity contribution >= 4 is 17.4 Å². The SMILES string of the molecule is Cc1ccc(C(=O)CC2(O)C(=O)N(C[NH+]3CCOCC3)c3ccccc32)cc1. The molecule has 2 aliphatic heterocycles. The zero-order valence-corrected chi connectivity index (χ0v) is 16.0. The summed E-state index contributed by atoms with van der Waals surface area (Å²) in [5.41, 5.74) is 0.919. The van der Waals surface area contributed by atoms with E-state index in [4.69, 9.17) is 4.74 Å². The van der Waals surface area contributed by atoms with Crippen molar-refractivity contribution in [2.24, 2.45) is 0 Å². The van der Waals surface area contributed by atoms with E-state index in [-0.39, 0.29) is 12.2 Å². The fraction of sp³-hybridized carbons (Fsp3) is 0.364. The van der Waals surface area contributed by atoms with Crippen LogP contribution >= 0.6 is 0 Å². The molecular formula is C22H25N2O4+. The number of benzene rings is 2. The van der Waals surface area contributed by atoms with Crippen LogP contribution in [-0.4, -0.2) is 49.8 Å². The number of hydrogen-bond donors (Lipinski definition) is 2. The van der Waals surface area contributed by atoms with Gasteiger partial charge in [-0.15, -0.1) is 0 Å². The van der Waals surface area contributed by atoms with E-state index in [2.05, 4.69) is 0 Å². The first-order valence-corrected chi connectivity index (χ1v) is 9.64. The molecule has 1 amide bonds. The molecular weight excluding hydrogens is 356 g/mol. The normalized spacial score (nSPS) is 22.4. The number of hydrogen-bond acceptors (Lipinski definition) is 4. The predicted molar refractivity (Wildman–Crippen MR) is 104 cm³/mol. The number of ketones is 1. The van der Waals surface area contributed by atoms with Gasteiger partial charge in [-0.25, -0.2) is 0 Å². The van der Waals surface area contributed by atoms with E-state index in [1.54, 1.807) is 29.2 Å². The number of nitrogens with one attached hydrogen (secondary N) is 1. The maximum Gasteiger partial charge on any atom is 0.268 e. The van der Waals surface area contributed by atoms with Crippen LogP contribution < -0.4 is 9.80 Å². The number of carbonyl (C=O) groups excluding carboxylic acids is 2. The Bertz CT molecular complexity index is 890. The number of carbonyl (C=O) groups is 2. The number of amides is 1. The molecule has 146 valence electrons. The average Bonchev–Trinajstić information content (AvgIpc) is 2.91. The number of anilines is 1. The standard InChI is InChI=1S/C22H24N2O4/c1-16-6-8-17(9-7-16)20(25)14-22(27)18-4-2-3-5-19(18)24(21(22)26)15-23-10-12-28-13-11-23/h2-9,27H,10-15H2,1H3/p+1. The van der Waals surface area contributed by atoms with E-state index in [9.17, 15) is 14.7 Å². The van der Waals surface area contributed by atoms with Crippen LogP contribution in [0.15, 0.2) is 48.5 Å². The van der Waals surface area contributed by atoms with Gasteiger partial charge in [-0.2, -0.15) is 0 Å². The molecule has 28 heavy (non-hydrogen) atoms. The molecule has 2 aromatic rings. The highest BCUT2D eigenvalue weighted by molar-refractivity contribution is 6.10. The molecule has 1 saturated heterocycles. The van der Waals surface area contributed by atoms with E-state index in [1.165, 1.54) is 4.90 Å². The van der Waals surface area contributed by atoms with Crippen molar-refractivity contribution in [3.63, 3.8) is 0 Å². The summed E-state index contributed by atoms with van der Waals surface area (Å²) in [7, 11) is 0. The first kappa shape index (κ1) is 18.8. The zero-order chi connectivity index (χ0) is 19.7. The predicted octanol–water partition coefficient (Wildman–Crippen LogP) is 0.675. The highest BCUT2D eigenvalue weighted by Crippen LogP contribution is 2.42. The van der Waals surface area contributed by atoms with Crippen LogP contribution in [0.4, 0.5) is 5.69 Å². The van der Waals surface area contributed by atoms with Crippen molar-refractivity contribution < 1.29 is 24.3 Å². The van der Waals surface area contributed by atoms with E-state index in [1.807, 2.05) is 31.2 Å². The second-order valence-electron chi connectivity index (χ2n) is 7.60. The molecule has 0 aromatic heterocycles. The summed E-state index contributed by atoms with van der Waals surface area (Å²) < 4.78 is 5.39. The van der Waals surface area contributed by atoms with Crippen LogP contribution in [0.3, 0.4) is 0 Å². The number of para-hydroxylation sites is 1. The Morgan fingerprint density at radius 3 is 2.54 bits per heavy atom. The lowest BCUT2D eigenvalue weighted by atomic mass is 9.88. The summed E-state index contributed by atoms with van der Waals surface area (Å²) in [5.74, 6) is -0.667. The molecule has 0 bridgehead atoms. The highest BCUT2D eigenvalue weighted by atomic mass is 16.5. The average molecular weight is 381 g/mol. The van der Waals surface area contributed by atoms with Crippen LogP contribution in [0.25, 0.3) is 0 Å².